The summed E-state index contributed by atoms with van der Waals surface area (Å²) in [5.74, 6) is 0.109. The number of carbonyl (C=O) groups excluding carboxylic acids is 1. The number of hydrogen-bond donors (Lipinski definition) is 1. The fourth-order valence-corrected chi connectivity index (χ4v) is 2.38. The summed E-state index contributed by atoms with van der Waals surface area (Å²) < 4.78 is 0. The molecule has 1 N–H and O–H groups in total. The summed E-state index contributed by atoms with van der Waals surface area (Å²) in [6.07, 6.45) is 6.01. The fourth-order valence-electron chi connectivity index (χ4n) is 2.26. The van der Waals surface area contributed by atoms with Crippen molar-refractivity contribution in [1.29, 1.82) is 0 Å². The molecule has 4 heteroatoms. The molecule has 1 aromatic carbocycles. The number of amides is 1. The Labute approximate surface area is 118 Å². The maximum Gasteiger partial charge on any atom is 0.223 e. The van der Waals surface area contributed by atoms with Gasteiger partial charge in [-0.3, -0.25) is 4.79 Å². The first-order chi connectivity index (χ1) is 9.20. The Bertz CT molecular complexity index is 456. The molecule has 19 heavy (non-hydrogen) atoms. The second-order valence-corrected chi connectivity index (χ2v) is 5.14. The molecule has 0 fully saturated rings. The average molecular weight is 280 g/mol. The van der Waals surface area contributed by atoms with E-state index in [1.165, 1.54) is 5.56 Å². The number of benzene rings is 1. The van der Waals surface area contributed by atoms with E-state index in [1.54, 1.807) is 4.90 Å². The zero-order valence-electron chi connectivity index (χ0n) is 10.8. The summed E-state index contributed by atoms with van der Waals surface area (Å²) in [5, 5.41) is 9.89. The average Bonchev–Trinajstić information content (AvgIpc) is 2.89. The fraction of sp³-hybridized carbons (Fsp3) is 0.400. The Hall–Kier alpha value is -1.32. The van der Waals surface area contributed by atoms with Crippen molar-refractivity contribution in [3.05, 3.63) is 47.0 Å². The summed E-state index contributed by atoms with van der Waals surface area (Å²) >= 11 is 5.82. The van der Waals surface area contributed by atoms with E-state index in [2.05, 4.69) is 0 Å². The van der Waals surface area contributed by atoms with Gasteiger partial charge in [-0.1, -0.05) is 35.9 Å². The van der Waals surface area contributed by atoms with Crippen molar-refractivity contribution >= 4 is 17.5 Å². The van der Waals surface area contributed by atoms with Gasteiger partial charge in [-0.05, 0) is 30.5 Å². The highest BCUT2D eigenvalue weighted by atomic mass is 35.5. The highest BCUT2D eigenvalue weighted by Gasteiger charge is 2.23. The van der Waals surface area contributed by atoms with Crippen LogP contribution >= 0.6 is 11.6 Å². The maximum absolute atomic E-state index is 12.0. The number of aliphatic hydroxyl groups excluding tert-OH is 1. The van der Waals surface area contributed by atoms with E-state index in [-0.39, 0.29) is 18.6 Å². The minimum absolute atomic E-state index is 0.000571. The first-order valence-electron chi connectivity index (χ1n) is 6.52. The molecule has 1 heterocycles. The second kappa shape index (κ2) is 6.73. The van der Waals surface area contributed by atoms with Crippen LogP contribution in [0.15, 0.2) is 36.4 Å². The normalized spacial score (nSPS) is 18.0. The number of aliphatic hydroxyl groups is 1. The number of aryl methyl sites for hydroxylation is 1. The number of hydrogen-bond acceptors (Lipinski definition) is 2. The van der Waals surface area contributed by atoms with Crippen LogP contribution in [-0.4, -0.2) is 35.1 Å². The Morgan fingerprint density at radius 1 is 1.37 bits per heavy atom. The molecule has 0 spiro atoms. The van der Waals surface area contributed by atoms with Crippen LogP contribution in [0.5, 0.6) is 0 Å². The van der Waals surface area contributed by atoms with Crippen molar-refractivity contribution in [2.45, 2.75) is 25.3 Å². The van der Waals surface area contributed by atoms with Crippen LogP contribution in [-0.2, 0) is 11.2 Å². The van der Waals surface area contributed by atoms with Gasteiger partial charge in [0, 0.05) is 18.0 Å². The van der Waals surface area contributed by atoms with Gasteiger partial charge in [0.1, 0.15) is 0 Å². The van der Waals surface area contributed by atoms with Gasteiger partial charge in [0.25, 0.3) is 0 Å². The molecule has 3 nitrogen and oxygen atoms in total. The predicted octanol–water partition coefficient (Wildman–Crippen LogP) is 2.42. The first-order valence-corrected chi connectivity index (χ1v) is 6.90. The monoisotopic (exact) mass is 279 g/mol. The number of halogens is 1. The summed E-state index contributed by atoms with van der Waals surface area (Å²) in [7, 11) is 0. The van der Waals surface area contributed by atoms with E-state index in [0.29, 0.717) is 13.0 Å². The Morgan fingerprint density at radius 2 is 2.11 bits per heavy atom. The van der Waals surface area contributed by atoms with Gasteiger partial charge in [-0.25, -0.2) is 0 Å². The van der Waals surface area contributed by atoms with Crippen LogP contribution in [0.3, 0.4) is 0 Å². The van der Waals surface area contributed by atoms with Crippen molar-refractivity contribution in [2.75, 3.05) is 13.2 Å². The zero-order chi connectivity index (χ0) is 13.7. The third kappa shape index (κ3) is 3.82. The zero-order valence-corrected chi connectivity index (χ0v) is 11.5. The molecule has 0 saturated carbocycles. The molecule has 1 aromatic rings. The van der Waals surface area contributed by atoms with Crippen LogP contribution in [0, 0.1) is 0 Å². The molecule has 1 aliphatic heterocycles. The smallest absolute Gasteiger partial charge is 0.223 e. The third-order valence-corrected chi connectivity index (χ3v) is 3.59. The van der Waals surface area contributed by atoms with E-state index >= 15 is 0 Å². The molecule has 1 atom stereocenters. The maximum atomic E-state index is 12.0. The van der Waals surface area contributed by atoms with Crippen LogP contribution < -0.4 is 0 Å². The Balaban J connectivity index is 1.76. The quantitative estimate of drug-likeness (QED) is 0.841. The van der Waals surface area contributed by atoms with Crippen molar-refractivity contribution in [3.63, 3.8) is 0 Å². The van der Waals surface area contributed by atoms with Gasteiger partial charge in [0.15, 0.2) is 0 Å². The topological polar surface area (TPSA) is 40.5 Å². The molecule has 0 radical (unpaired) electrons. The number of carbonyl (C=O) groups is 1. The summed E-state index contributed by atoms with van der Waals surface area (Å²) in [6, 6.07) is 7.57. The summed E-state index contributed by atoms with van der Waals surface area (Å²) in [5.41, 5.74) is 1.19. The van der Waals surface area contributed by atoms with E-state index in [9.17, 15) is 4.79 Å². The van der Waals surface area contributed by atoms with E-state index in [4.69, 9.17) is 16.7 Å². The summed E-state index contributed by atoms with van der Waals surface area (Å²) in [6.45, 7) is 0.616. The minimum atomic E-state index is -0.136. The lowest BCUT2D eigenvalue weighted by Gasteiger charge is -2.22. The first kappa shape index (κ1) is 14.1. The van der Waals surface area contributed by atoms with Crippen LogP contribution in [0.25, 0.3) is 0 Å². The molecule has 0 aromatic heterocycles. The molecule has 1 amide bonds. The highest BCUT2D eigenvalue weighted by molar-refractivity contribution is 6.30. The Kier molecular flexibility index (Phi) is 5.00. The molecule has 0 bridgehead atoms. The molecular formula is C15H18ClNO2. The van der Waals surface area contributed by atoms with Crippen molar-refractivity contribution in [1.82, 2.24) is 4.90 Å². The predicted molar refractivity (Wildman–Crippen MR) is 76.1 cm³/mol. The standard InChI is InChI=1S/C15H18ClNO2/c16-13-8-6-12(7-9-13)3-1-5-15(19)17-10-2-4-14(17)11-18/h2,4,6-9,14,18H,1,3,5,10-11H2/t14-/m0/s1. The summed E-state index contributed by atoms with van der Waals surface area (Å²) in [4.78, 5) is 13.7. The molecule has 0 saturated heterocycles. The Morgan fingerprint density at radius 3 is 2.79 bits per heavy atom. The number of nitrogens with zero attached hydrogens (tertiary/aromatic N) is 1. The number of rotatable bonds is 5. The molecule has 102 valence electrons. The van der Waals surface area contributed by atoms with Crippen molar-refractivity contribution in [2.24, 2.45) is 0 Å². The van der Waals surface area contributed by atoms with Gasteiger partial charge in [-0.2, -0.15) is 0 Å². The second-order valence-electron chi connectivity index (χ2n) is 4.70. The van der Waals surface area contributed by atoms with E-state index in [1.807, 2.05) is 36.4 Å². The SMILES string of the molecule is O=C(CCCc1ccc(Cl)cc1)N1CC=C[C@H]1CO. The molecule has 0 unspecified atom stereocenters. The van der Waals surface area contributed by atoms with E-state index < -0.39 is 0 Å². The largest absolute Gasteiger partial charge is 0.394 e. The van der Waals surface area contributed by atoms with Gasteiger partial charge in [-0.15, -0.1) is 0 Å². The van der Waals surface area contributed by atoms with Gasteiger partial charge in [0.05, 0.1) is 12.6 Å². The minimum Gasteiger partial charge on any atom is -0.394 e. The van der Waals surface area contributed by atoms with Crippen LogP contribution in [0.4, 0.5) is 0 Å². The third-order valence-electron chi connectivity index (χ3n) is 3.34. The van der Waals surface area contributed by atoms with Crippen LogP contribution in [0.2, 0.25) is 5.02 Å². The van der Waals surface area contributed by atoms with E-state index in [0.717, 1.165) is 17.9 Å². The molecular weight excluding hydrogens is 262 g/mol. The van der Waals surface area contributed by atoms with Gasteiger partial charge >= 0.3 is 0 Å². The molecule has 0 aliphatic carbocycles. The van der Waals surface area contributed by atoms with Gasteiger partial charge < -0.3 is 10.0 Å². The van der Waals surface area contributed by atoms with Crippen molar-refractivity contribution in [3.8, 4) is 0 Å². The van der Waals surface area contributed by atoms with Gasteiger partial charge in [0.2, 0.25) is 5.91 Å². The lowest BCUT2D eigenvalue weighted by atomic mass is 10.1. The molecule has 1 aliphatic rings. The van der Waals surface area contributed by atoms with Crippen LogP contribution in [0.1, 0.15) is 18.4 Å². The molecule has 2 rings (SSSR count). The lowest BCUT2D eigenvalue weighted by Crippen LogP contribution is -2.38. The lowest BCUT2D eigenvalue weighted by molar-refractivity contribution is -0.132. The highest BCUT2D eigenvalue weighted by Crippen LogP contribution is 2.14. The van der Waals surface area contributed by atoms with Crippen molar-refractivity contribution < 1.29 is 9.90 Å².